The van der Waals surface area contributed by atoms with Gasteiger partial charge in [0.15, 0.2) is 5.58 Å². The molecule has 2 aromatic carbocycles. The minimum Gasteiger partial charge on any atom is -0.431 e. The largest absolute Gasteiger partial charge is 0.431 e. The molecule has 0 aliphatic carbocycles. The van der Waals surface area contributed by atoms with Crippen molar-refractivity contribution in [3.8, 4) is 0 Å². The maximum absolute atomic E-state index is 13.5. The normalized spacial score (nSPS) is 12.3. The van der Waals surface area contributed by atoms with E-state index in [0.29, 0.717) is 16.3 Å². The number of rotatable bonds is 4. The van der Waals surface area contributed by atoms with Crippen LogP contribution in [-0.2, 0) is 4.79 Å². The van der Waals surface area contributed by atoms with Crippen molar-refractivity contribution in [2.45, 2.75) is 17.4 Å². The summed E-state index contributed by atoms with van der Waals surface area (Å²) in [6, 6.07) is 10.6. The van der Waals surface area contributed by atoms with Gasteiger partial charge >= 0.3 is 0 Å². The summed E-state index contributed by atoms with van der Waals surface area (Å²) >= 11 is 1.07. The highest BCUT2D eigenvalue weighted by Gasteiger charge is 2.20. The van der Waals surface area contributed by atoms with Crippen molar-refractivity contribution in [1.29, 1.82) is 0 Å². The standard InChI is InChI=1S/C16H12F2N2O2S/c1-9(15(21)20-14-10(17)5-4-6-11(14)18)23-16-19-12-7-2-3-8-13(12)22-16/h2-9H,1H3,(H,20,21). The van der Waals surface area contributed by atoms with E-state index in [9.17, 15) is 13.6 Å². The van der Waals surface area contributed by atoms with Crippen LogP contribution in [0.15, 0.2) is 52.1 Å². The van der Waals surface area contributed by atoms with Crippen LogP contribution < -0.4 is 5.32 Å². The van der Waals surface area contributed by atoms with Gasteiger partial charge in [0, 0.05) is 0 Å². The van der Waals surface area contributed by atoms with E-state index in [4.69, 9.17) is 4.42 Å². The molecule has 4 nitrogen and oxygen atoms in total. The van der Waals surface area contributed by atoms with Crippen LogP contribution >= 0.6 is 11.8 Å². The van der Waals surface area contributed by atoms with Gasteiger partial charge in [-0.25, -0.2) is 13.8 Å². The summed E-state index contributed by atoms with van der Waals surface area (Å²) in [5.74, 6) is -2.18. The molecule has 0 aliphatic rings. The number of anilines is 1. The first-order valence-corrected chi connectivity index (χ1v) is 7.69. The van der Waals surface area contributed by atoms with Gasteiger partial charge in [-0.1, -0.05) is 30.0 Å². The molecule has 0 bridgehead atoms. The van der Waals surface area contributed by atoms with Crippen LogP contribution in [0.2, 0.25) is 0 Å². The number of nitrogens with zero attached hydrogens (tertiary/aromatic N) is 1. The second kappa shape index (κ2) is 6.37. The predicted molar refractivity (Wildman–Crippen MR) is 84.3 cm³/mol. The number of thioether (sulfide) groups is 1. The Morgan fingerprint density at radius 1 is 1.17 bits per heavy atom. The van der Waals surface area contributed by atoms with Crippen LogP contribution in [0.5, 0.6) is 0 Å². The van der Waals surface area contributed by atoms with Gasteiger partial charge in [-0.2, -0.15) is 0 Å². The number of carbonyl (C=O) groups is 1. The predicted octanol–water partition coefficient (Wildman–Crippen LogP) is 4.23. The monoisotopic (exact) mass is 334 g/mol. The summed E-state index contributed by atoms with van der Waals surface area (Å²) in [6.07, 6.45) is 0. The zero-order chi connectivity index (χ0) is 16.4. The Morgan fingerprint density at radius 2 is 1.87 bits per heavy atom. The maximum Gasteiger partial charge on any atom is 0.257 e. The second-order valence-electron chi connectivity index (χ2n) is 4.79. The molecule has 1 unspecified atom stereocenters. The Bertz CT molecular complexity index is 813. The van der Waals surface area contributed by atoms with Gasteiger partial charge in [-0.3, -0.25) is 4.79 Å². The lowest BCUT2D eigenvalue weighted by atomic mass is 10.3. The number of aromatic nitrogens is 1. The number of benzene rings is 2. The van der Waals surface area contributed by atoms with Gasteiger partial charge in [0.2, 0.25) is 5.91 Å². The van der Waals surface area contributed by atoms with E-state index in [0.717, 1.165) is 23.9 Å². The third-order valence-electron chi connectivity index (χ3n) is 3.13. The number of oxazole rings is 1. The zero-order valence-corrected chi connectivity index (χ0v) is 12.9. The molecule has 7 heteroatoms. The van der Waals surface area contributed by atoms with E-state index < -0.39 is 28.5 Å². The average Bonchev–Trinajstić information content (AvgIpc) is 2.93. The van der Waals surface area contributed by atoms with E-state index >= 15 is 0 Å². The molecule has 0 fully saturated rings. The fourth-order valence-electron chi connectivity index (χ4n) is 1.95. The summed E-state index contributed by atoms with van der Waals surface area (Å²) in [7, 11) is 0. The lowest BCUT2D eigenvalue weighted by Gasteiger charge is -2.11. The zero-order valence-electron chi connectivity index (χ0n) is 12.0. The second-order valence-corrected chi connectivity index (χ2v) is 6.09. The van der Waals surface area contributed by atoms with Crippen LogP contribution in [-0.4, -0.2) is 16.1 Å². The molecule has 0 radical (unpaired) electrons. The molecular formula is C16H12F2N2O2S. The minimum atomic E-state index is -0.822. The Hall–Kier alpha value is -2.41. The summed E-state index contributed by atoms with van der Waals surface area (Å²) in [4.78, 5) is 16.3. The number of hydrogen-bond acceptors (Lipinski definition) is 4. The molecule has 1 N–H and O–H groups in total. The van der Waals surface area contributed by atoms with Crippen LogP contribution in [0.4, 0.5) is 14.5 Å². The number of hydrogen-bond donors (Lipinski definition) is 1. The van der Waals surface area contributed by atoms with Crippen LogP contribution in [0, 0.1) is 11.6 Å². The molecule has 1 heterocycles. The molecule has 0 spiro atoms. The third-order valence-corrected chi connectivity index (χ3v) is 4.08. The smallest absolute Gasteiger partial charge is 0.257 e. The van der Waals surface area contributed by atoms with Crippen LogP contribution in [0.1, 0.15) is 6.92 Å². The van der Waals surface area contributed by atoms with E-state index in [-0.39, 0.29) is 0 Å². The molecular weight excluding hydrogens is 322 g/mol. The molecule has 3 rings (SSSR count). The highest BCUT2D eigenvalue weighted by molar-refractivity contribution is 8.00. The fraction of sp³-hybridized carbons (Fsp3) is 0.125. The topological polar surface area (TPSA) is 55.1 Å². The highest BCUT2D eigenvalue weighted by atomic mass is 32.2. The Balaban J connectivity index is 1.72. The third kappa shape index (κ3) is 3.34. The van der Waals surface area contributed by atoms with Gasteiger partial charge in [0.05, 0.1) is 5.25 Å². The van der Waals surface area contributed by atoms with E-state index in [1.807, 2.05) is 12.1 Å². The van der Waals surface area contributed by atoms with E-state index in [1.54, 1.807) is 19.1 Å². The first-order chi connectivity index (χ1) is 11.0. The van der Waals surface area contributed by atoms with Crippen molar-refractivity contribution in [3.05, 3.63) is 54.1 Å². The number of carbonyl (C=O) groups excluding carboxylic acids is 1. The van der Waals surface area contributed by atoms with Gasteiger partial charge in [-0.15, -0.1) is 0 Å². The van der Waals surface area contributed by atoms with Gasteiger partial charge in [-0.05, 0) is 31.2 Å². The minimum absolute atomic E-state index is 0.322. The number of fused-ring (bicyclic) bond motifs is 1. The van der Waals surface area contributed by atoms with E-state index in [1.165, 1.54) is 6.07 Å². The molecule has 23 heavy (non-hydrogen) atoms. The molecule has 1 atom stereocenters. The molecule has 0 saturated heterocycles. The first-order valence-electron chi connectivity index (χ1n) is 6.81. The molecule has 1 amide bonds. The number of nitrogens with one attached hydrogen (secondary N) is 1. The fourth-order valence-corrected chi connectivity index (χ4v) is 2.71. The Morgan fingerprint density at radius 3 is 2.57 bits per heavy atom. The molecule has 0 saturated carbocycles. The summed E-state index contributed by atoms with van der Waals surface area (Å²) in [5.41, 5.74) is 0.841. The quantitative estimate of drug-likeness (QED) is 0.726. The van der Waals surface area contributed by atoms with Crippen molar-refractivity contribution >= 4 is 34.5 Å². The van der Waals surface area contributed by atoms with Crippen molar-refractivity contribution in [3.63, 3.8) is 0 Å². The van der Waals surface area contributed by atoms with Crippen LogP contribution in [0.3, 0.4) is 0 Å². The van der Waals surface area contributed by atoms with Crippen molar-refractivity contribution < 1.29 is 18.0 Å². The van der Waals surface area contributed by atoms with Crippen molar-refractivity contribution in [2.75, 3.05) is 5.32 Å². The van der Waals surface area contributed by atoms with Crippen molar-refractivity contribution in [2.24, 2.45) is 0 Å². The Kier molecular flexibility index (Phi) is 4.29. The molecule has 118 valence electrons. The highest BCUT2D eigenvalue weighted by Crippen LogP contribution is 2.27. The molecule has 0 aliphatic heterocycles. The van der Waals surface area contributed by atoms with Crippen molar-refractivity contribution in [1.82, 2.24) is 4.98 Å². The van der Waals surface area contributed by atoms with Crippen LogP contribution in [0.25, 0.3) is 11.1 Å². The molecule has 1 aromatic heterocycles. The SMILES string of the molecule is CC(Sc1nc2ccccc2o1)C(=O)Nc1c(F)cccc1F. The summed E-state index contributed by atoms with van der Waals surface area (Å²) in [6.45, 7) is 1.60. The van der Waals surface area contributed by atoms with Gasteiger partial charge in [0.1, 0.15) is 22.8 Å². The maximum atomic E-state index is 13.5. The summed E-state index contributed by atoms with van der Waals surface area (Å²) in [5, 5.41) is 1.94. The average molecular weight is 334 g/mol. The lowest BCUT2D eigenvalue weighted by Crippen LogP contribution is -2.23. The van der Waals surface area contributed by atoms with E-state index in [2.05, 4.69) is 10.3 Å². The Labute approximate surface area is 134 Å². The number of amides is 1. The number of para-hydroxylation sites is 3. The first kappa shape index (κ1) is 15.5. The number of halogens is 2. The van der Waals surface area contributed by atoms with Gasteiger partial charge in [0.25, 0.3) is 5.22 Å². The lowest BCUT2D eigenvalue weighted by molar-refractivity contribution is -0.115. The molecule has 3 aromatic rings. The van der Waals surface area contributed by atoms with Gasteiger partial charge < -0.3 is 9.73 Å². The summed E-state index contributed by atoms with van der Waals surface area (Å²) < 4.78 is 32.6.